The second-order valence-corrected chi connectivity index (χ2v) is 11.8. The lowest BCUT2D eigenvalue weighted by Gasteiger charge is -2.36. The standard InChI is InChI=1S/C16H25NO3Si/c1-16(2,3)21(4,5)19-11-10-14-15(18)17-12-8-6-7-9-13(12)20-14/h6-9,14H,10-11H2,1-5H3,(H,17,18). The van der Waals surface area contributed by atoms with E-state index in [0.717, 1.165) is 11.4 Å². The molecule has 4 nitrogen and oxygen atoms in total. The molecule has 1 aromatic carbocycles. The van der Waals surface area contributed by atoms with Crippen molar-refractivity contribution in [2.45, 2.75) is 51.4 Å². The number of para-hydroxylation sites is 2. The molecule has 1 unspecified atom stereocenters. The van der Waals surface area contributed by atoms with Gasteiger partial charge in [0.15, 0.2) is 14.4 Å². The van der Waals surface area contributed by atoms with Crippen molar-refractivity contribution in [3.63, 3.8) is 0 Å². The third kappa shape index (κ3) is 3.65. The Morgan fingerprint density at radius 3 is 2.62 bits per heavy atom. The van der Waals surface area contributed by atoms with Gasteiger partial charge in [0.1, 0.15) is 5.75 Å². The zero-order valence-corrected chi connectivity index (χ0v) is 14.5. The van der Waals surface area contributed by atoms with E-state index in [1.807, 2.05) is 24.3 Å². The molecule has 116 valence electrons. The van der Waals surface area contributed by atoms with Gasteiger partial charge < -0.3 is 14.5 Å². The normalized spacial score (nSPS) is 18.7. The first-order chi connectivity index (χ1) is 9.71. The van der Waals surface area contributed by atoms with Gasteiger partial charge >= 0.3 is 0 Å². The molecule has 1 aliphatic rings. The van der Waals surface area contributed by atoms with Crippen LogP contribution < -0.4 is 10.1 Å². The fourth-order valence-corrected chi connectivity index (χ4v) is 2.98. The lowest BCUT2D eigenvalue weighted by Crippen LogP contribution is -2.43. The van der Waals surface area contributed by atoms with Gasteiger partial charge in [0, 0.05) is 13.0 Å². The summed E-state index contributed by atoms with van der Waals surface area (Å²) < 4.78 is 11.9. The first-order valence-corrected chi connectivity index (χ1v) is 10.3. The summed E-state index contributed by atoms with van der Waals surface area (Å²) in [7, 11) is -1.77. The van der Waals surface area contributed by atoms with Gasteiger partial charge in [-0.2, -0.15) is 0 Å². The van der Waals surface area contributed by atoms with Crippen LogP contribution in [0.4, 0.5) is 5.69 Å². The largest absolute Gasteiger partial charge is 0.478 e. The minimum atomic E-state index is -1.77. The van der Waals surface area contributed by atoms with Gasteiger partial charge in [-0.1, -0.05) is 32.9 Å². The molecule has 0 saturated carbocycles. The number of rotatable bonds is 4. The molecule has 0 bridgehead atoms. The molecule has 5 heteroatoms. The fraction of sp³-hybridized carbons (Fsp3) is 0.562. The number of nitrogens with one attached hydrogen (secondary N) is 1. The molecule has 0 aromatic heterocycles. The summed E-state index contributed by atoms with van der Waals surface area (Å²) in [6.07, 6.45) is 0.108. The van der Waals surface area contributed by atoms with Crippen molar-refractivity contribution in [1.82, 2.24) is 0 Å². The molecule has 1 heterocycles. The van der Waals surface area contributed by atoms with Gasteiger partial charge in [0.05, 0.1) is 5.69 Å². The number of carbonyl (C=O) groups is 1. The van der Waals surface area contributed by atoms with E-state index in [0.29, 0.717) is 13.0 Å². The Hall–Kier alpha value is -1.33. The van der Waals surface area contributed by atoms with Gasteiger partial charge in [0.25, 0.3) is 5.91 Å². The summed E-state index contributed by atoms with van der Waals surface area (Å²) in [5, 5.41) is 3.06. The van der Waals surface area contributed by atoms with Gasteiger partial charge in [-0.15, -0.1) is 0 Å². The molecule has 21 heavy (non-hydrogen) atoms. The molecule has 0 saturated heterocycles. The van der Waals surface area contributed by atoms with Crippen LogP contribution in [0.25, 0.3) is 0 Å². The zero-order valence-electron chi connectivity index (χ0n) is 13.5. The van der Waals surface area contributed by atoms with Gasteiger partial charge in [-0.05, 0) is 30.3 Å². The Labute approximate surface area is 128 Å². The van der Waals surface area contributed by atoms with E-state index in [4.69, 9.17) is 9.16 Å². The molecule has 2 rings (SSSR count). The molecule has 0 radical (unpaired) electrons. The summed E-state index contributed by atoms with van der Waals surface area (Å²) in [4.78, 5) is 12.0. The topological polar surface area (TPSA) is 47.6 Å². The monoisotopic (exact) mass is 307 g/mol. The number of anilines is 1. The third-order valence-electron chi connectivity index (χ3n) is 4.36. The highest BCUT2D eigenvalue weighted by molar-refractivity contribution is 6.74. The molecule has 0 spiro atoms. The maximum absolute atomic E-state index is 12.0. The Bertz CT molecular complexity index is 522. The minimum absolute atomic E-state index is 0.0902. The SMILES string of the molecule is CC(C)(C)[Si](C)(C)OCCC1Oc2ccccc2NC1=O. The van der Waals surface area contributed by atoms with Crippen LogP contribution in [0.3, 0.4) is 0 Å². The first-order valence-electron chi connectivity index (χ1n) is 7.41. The molecule has 0 fully saturated rings. The van der Waals surface area contributed by atoms with Crippen LogP contribution in [0, 0.1) is 0 Å². The highest BCUT2D eigenvalue weighted by Gasteiger charge is 2.37. The van der Waals surface area contributed by atoms with E-state index < -0.39 is 14.4 Å². The van der Waals surface area contributed by atoms with Crippen LogP contribution in [0.5, 0.6) is 5.75 Å². The van der Waals surface area contributed by atoms with Gasteiger partial charge in [-0.25, -0.2) is 0 Å². The quantitative estimate of drug-likeness (QED) is 0.861. The van der Waals surface area contributed by atoms with Crippen molar-refractivity contribution in [1.29, 1.82) is 0 Å². The first kappa shape index (κ1) is 16.0. The van der Waals surface area contributed by atoms with E-state index in [-0.39, 0.29) is 10.9 Å². The molecule has 1 N–H and O–H groups in total. The number of benzene rings is 1. The molecule has 1 aromatic rings. The van der Waals surface area contributed by atoms with E-state index in [1.54, 1.807) is 0 Å². The highest BCUT2D eigenvalue weighted by Crippen LogP contribution is 2.37. The lowest BCUT2D eigenvalue weighted by atomic mass is 10.2. The summed E-state index contributed by atoms with van der Waals surface area (Å²) >= 11 is 0. The van der Waals surface area contributed by atoms with Crippen LogP contribution in [0.1, 0.15) is 27.2 Å². The number of hydrogen-bond donors (Lipinski definition) is 1. The Balaban J connectivity index is 1.92. The number of hydrogen-bond acceptors (Lipinski definition) is 3. The van der Waals surface area contributed by atoms with Crippen LogP contribution in [-0.4, -0.2) is 26.9 Å². The van der Waals surface area contributed by atoms with E-state index >= 15 is 0 Å². The highest BCUT2D eigenvalue weighted by atomic mass is 28.4. The summed E-state index contributed by atoms with van der Waals surface area (Å²) in [6, 6.07) is 7.49. The maximum Gasteiger partial charge on any atom is 0.265 e. The molecular formula is C16H25NO3Si. The predicted octanol–water partition coefficient (Wildman–Crippen LogP) is 3.80. The van der Waals surface area contributed by atoms with Crippen molar-refractivity contribution in [3.8, 4) is 5.75 Å². The van der Waals surface area contributed by atoms with E-state index in [2.05, 4.69) is 39.2 Å². The number of fused-ring (bicyclic) bond motifs is 1. The number of carbonyl (C=O) groups excluding carboxylic acids is 1. The van der Waals surface area contributed by atoms with Crippen LogP contribution >= 0.6 is 0 Å². The average Bonchev–Trinajstić information content (AvgIpc) is 2.38. The van der Waals surface area contributed by atoms with E-state index in [9.17, 15) is 4.79 Å². The zero-order chi connectivity index (χ0) is 15.7. The number of amides is 1. The van der Waals surface area contributed by atoms with Crippen LogP contribution in [-0.2, 0) is 9.22 Å². The van der Waals surface area contributed by atoms with E-state index in [1.165, 1.54) is 0 Å². The minimum Gasteiger partial charge on any atom is -0.478 e. The molecule has 1 atom stereocenters. The van der Waals surface area contributed by atoms with Crippen molar-refractivity contribution in [2.75, 3.05) is 11.9 Å². The molecule has 1 amide bonds. The fourth-order valence-electron chi connectivity index (χ4n) is 1.92. The van der Waals surface area contributed by atoms with Crippen molar-refractivity contribution in [3.05, 3.63) is 24.3 Å². The summed E-state index contributed by atoms with van der Waals surface area (Å²) in [5.41, 5.74) is 0.740. The van der Waals surface area contributed by atoms with Crippen molar-refractivity contribution < 1.29 is 14.0 Å². The molecule has 0 aliphatic carbocycles. The second kappa shape index (κ2) is 5.81. The Morgan fingerprint density at radius 2 is 1.95 bits per heavy atom. The third-order valence-corrected chi connectivity index (χ3v) is 8.89. The van der Waals surface area contributed by atoms with Crippen molar-refractivity contribution >= 4 is 19.9 Å². The molecule has 1 aliphatic heterocycles. The lowest BCUT2D eigenvalue weighted by molar-refractivity contribution is -0.124. The molecular weight excluding hydrogens is 282 g/mol. The maximum atomic E-state index is 12.0. The van der Waals surface area contributed by atoms with Crippen LogP contribution in [0.2, 0.25) is 18.1 Å². The Morgan fingerprint density at radius 1 is 1.29 bits per heavy atom. The smallest absolute Gasteiger partial charge is 0.265 e. The Kier molecular flexibility index (Phi) is 4.44. The van der Waals surface area contributed by atoms with Crippen LogP contribution in [0.15, 0.2) is 24.3 Å². The average molecular weight is 307 g/mol. The van der Waals surface area contributed by atoms with Gasteiger partial charge in [0.2, 0.25) is 0 Å². The number of ether oxygens (including phenoxy) is 1. The summed E-state index contributed by atoms with van der Waals surface area (Å²) in [5.74, 6) is 0.641. The summed E-state index contributed by atoms with van der Waals surface area (Å²) in [6.45, 7) is 11.6. The van der Waals surface area contributed by atoms with Crippen molar-refractivity contribution in [2.24, 2.45) is 0 Å². The second-order valence-electron chi connectivity index (χ2n) is 6.99. The predicted molar refractivity (Wildman–Crippen MR) is 87.3 cm³/mol. The van der Waals surface area contributed by atoms with Gasteiger partial charge in [-0.3, -0.25) is 4.79 Å².